The molecule has 29 heavy (non-hydrogen) atoms. The maximum absolute atomic E-state index is 13.3. The Morgan fingerprint density at radius 2 is 1.93 bits per heavy atom. The Hall–Kier alpha value is -2.14. The molecule has 0 bridgehead atoms. The van der Waals surface area contributed by atoms with Gasteiger partial charge in [-0.25, -0.2) is 0 Å². The summed E-state index contributed by atoms with van der Waals surface area (Å²) in [5.41, 5.74) is 1.84. The van der Waals surface area contributed by atoms with Crippen LogP contribution in [0.3, 0.4) is 0 Å². The van der Waals surface area contributed by atoms with Gasteiger partial charge in [0, 0.05) is 38.0 Å². The Labute approximate surface area is 177 Å². The van der Waals surface area contributed by atoms with Crippen molar-refractivity contribution in [2.75, 3.05) is 27.2 Å². The van der Waals surface area contributed by atoms with Gasteiger partial charge in [-0.05, 0) is 54.2 Å². The van der Waals surface area contributed by atoms with Crippen LogP contribution >= 0.6 is 11.3 Å². The van der Waals surface area contributed by atoms with Crippen LogP contribution in [-0.4, -0.2) is 48.8 Å². The zero-order valence-corrected chi connectivity index (χ0v) is 18.4. The van der Waals surface area contributed by atoms with Crippen LogP contribution in [0.4, 0.5) is 0 Å². The molecule has 0 unspecified atom stereocenters. The molecule has 1 aromatic heterocycles. The largest absolute Gasteiger partial charge is 0.348 e. The van der Waals surface area contributed by atoms with Crippen molar-refractivity contribution in [3.8, 4) is 10.4 Å². The first-order valence-electron chi connectivity index (χ1n) is 10.5. The molecule has 5 heteroatoms. The minimum Gasteiger partial charge on any atom is -0.348 e. The lowest BCUT2D eigenvalue weighted by Crippen LogP contribution is -2.54. The van der Waals surface area contributed by atoms with E-state index >= 15 is 0 Å². The van der Waals surface area contributed by atoms with Gasteiger partial charge in [0.1, 0.15) is 0 Å². The van der Waals surface area contributed by atoms with Crippen LogP contribution < -0.4 is 0 Å². The van der Waals surface area contributed by atoms with Crippen molar-refractivity contribution < 1.29 is 9.59 Å². The van der Waals surface area contributed by atoms with Gasteiger partial charge >= 0.3 is 0 Å². The molecule has 1 aromatic carbocycles. The number of hydrogen-bond donors (Lipinski definition) is 0. The van der Waals surface area contributed by atoms with Crippen molar-refractivity contribution in [1.29, 1.82) is 0 Å². The van der Waals surface area contributed by atoms with Crippen molar-refractivity contribution >= 4 is 23.2 Å². The second-order valence-electron chi connectivity index (χ2n) is 9.01. The highest BCUT2D eigenvalue weighted by Crippen LogP contribution is 2.42. The highest BCUT2D eigenvalue weighted by Gasteiger charge is 2.48. The third-order valence-electron chi connectivity index (χ3n) is 6.48. The van der Waals surface area contributed by atoms with E-state index in [1.807, 2.05) is 19.0 Å². The van der Waals surface area contributed by atoms with Crippen molar-refractivity contribution in [2.45, 2.75) is 32.6 Å². The molecule has 4 rings (SSSR count). The molecule has 2 amide bonds. The van der Waals surface area contributed by atoms with Crippen LogP contribution in [-0.2, 0) is 16.0 Å². The first-order valence-corrected chi connectivity index (χ1v) is 11.4. The topological polar surface area (TPSA) is 40.6 Å². The van der Waals surface area contributed by atoms with Crippen LogP contribution in [0.15, 0.2) is 41.8 Å². The summed E-state index contributed by atoms with van der Waals surface area (Å²) in [6.45, 7) is 3.46. The van der Waals surface area contributed by atoms with Crippen molar-refractivity contribution in [3.63, 3.8) is 0 Å². The van der Waals surface area contributed by atoms with Gasteiger partial charge in [0.2, 0.25) is 11.8 Å². The summed E-state index contributed by atoms with van der Waals surface area (Å²) in [5, 5.41) is 2.09. The lowest BCUT2D eigenvalue weighted by molar-refractivity contribution is -0.147. The van der Waals surface area contributed by atoms with E-state index in [0.717, 1.165) is 31.4 Å². The second kappa shape index (κ2) is 7.94. The van der Waals surface area contributed by atoms with Crippen molar-refractivity contribution in [2.24, 2.45) is 17.3 Å². The zero-order chi connectivity index (χ0) is 20.6. The summed E-state index contributed by atoms with van der Waals surface area (Å²) in [4.78, 5) is 31.1. The molecular formula is C24H30N2O2S. The Kier molecular flexibility index (Phi) is 5.52. The molecule has 1 saturated carbocycles. The molecule has 3 atom stereocenters. The summed E-state index contributed by atoms with van der Waals surface area (Å²) in [6, 6.07) is 12.8. The van der Waals surface area contributed by atoms with E-state index in [9.17, 15) is 9.59 Å². The second-order valence-corrected chi connectivity index (χ2v) is 9.96. The van der Waals surface area contributed by atoms with E-state index in [2.05, 4.69) is 48.7 Å². The number of likely N-dealkylation sites (tertiary alicyclic amines) is 1. The van der Waals surface area contributed by atoms with E-state index in [1.54, 1.807) is 16.2 Å². The first-order chi connectivity index (χ1) is 13.9. The molecule has 2 aromatic rings. The molecule has 1 aliphatic carbocycles. The predicted molar refractivity (Wildman–Crippen MR) is 118 cm³/mol. The van der Waals surface area contributed by atoms with E-state index in [1.165, 1.54) is 10.4 Å². The smallest absolute Gasteiger partial charge is 0.230 e. The van der Waals surface area contributed by atoms with Gasteiger partial charge in [0.25, 0.3) is 0 Å². The molecule has 2 aliphatic rings. The number of rotatable bonds is 5. The summed E-state index contributed by atoms with van der Waals surface area (Å²) in [6.07, 6.45) is 3.40. The van der Waals surface area contributed by atoms with Crippen LogP contribution in [0.2, 0.25) is 0 Å². The van der Waals surface area contributed by atoms with Crippen LogP contribution in [0.5, 0.6) is 0 Å². The van der Waals surface area contributed by atoms with Crippen LogP contribution in [0.25, 0.3) is 10.4 Å². The average molecular weight is 411 g/mol. The van der Waals surface area contributed by atoms with Crippen molar-refractivity contribution in [3.05, 3.63) is 47.3 Å². The number of benzene rings is 1. The Bertz CT molecular complexity index is 875. The van der Waals surface area contributed by atoms with Gasteiger partial charge in [-0.3, -0.25) is 9.59 Å². The third kappa shape index (κ3) is 4.11. The maximum Gasteiger partial charge on any atom is 0.230 e. The van der Waals surface area contributed by atoms with Gasteiger partial charge in [0.15, 0.2) is 0 Å². The Morgan fingerprint density at radius 1 is 1.21 bits per heavy atom. The van der Waals surface area contributed by atoms with Gasteiger partial charge in [0.05, 0.1) is 5.41 Å². The van der Waals surface area contributed by atoms with Crippen molar-refractivity contribution in [1.82, 2.24) is 9.80 Å². The summed E-state index contributed by atoms with van der Waals surface area (Å²) >= 11 is 1.73. The Morgan fingerprint density at radius 3 is 2.52 bits per heavy atom. The number of nitrogens with zero attached hydrogens (tertiary/aromatic N) is 2. The van der Waals surface area contributed by atoms with Gasteiger partial charge in [-0.2, -0.15) is 0 Å². The van der Waals surface area contributed by atoms with Crippen LogP contribution in [0, 0.1) is 17.3 Å². The minimum atomic E-state index is -0.528. The molecule has 1 aliphatic heterocycles. The molecule has 4 nitrogen and oxygen atoms in total. The number of thiophene rings is 1. The summed E-state index contributed by atoms with van der Waals surface area (Å²) in [5.74, 6) is 1.06. The number of hydrogen-bond acceptors (Lipinski definition) is 3. The minimum absolute atomic E-state index is 0.140. The van der Waals surface area contributed by atoms with E-state index in [4.69, 9.17) is 0 Å². The first kappa shape index (κ1) is 20.1. The molecule has 154 valence electrons. The van der Waals surface area contributed by atoms with E-state index < -0.39 is 5.41 Å². The number of carbonyl (C=O) groups is 2. The fourth-order valence-corrected chi connectivity index (χ4v) is 5.44. The zero-order valence-electron chi connectivity index (χ0n) is 17.6. The third-order valence-corrected chi connectivity index (χ3v) is 7.40. The average Bonchev–Trinajstić information content (AvgIpc) is 3.21. The highest BCUT2D eigenvalue weighted by molar-refractivity contribution is 7.13. The molecule has 0 spiro atoms. The van der Waals surface area contributed by atoms with Gasteiger partial charge < -0.3 is 9.80 Å². The van der Waals surface area contributed by atoms with Gasteiger partial charge in [-0.15, -0.1) is 11.3 Å². The van der Waals surface area contributed by atoms with Crippen LogP contribution in [0.1, 0.15) is 31.7 Å². The molecule has 0 N–H and O–H groups in total. The summed E-state index contributed by atoms with van der Waals surface area (Å²) in [7, 11) is 3.65. The lowest BCUT2D eigenvalue weighted by Gasteiger charge is -2.43. The molecule has 1 saturated heterocycles. The predicted octanol–water partition coefficient (Wildman–Crippen LogP) is 4.31. The lowest BCUT2D eigenvalue weighted by atomic mass is 9.73. The van der Waals surface area contributed by atoms with E-state index in [-0.39, 0.29) is 17.7 Å². The molecule has 2 fully saturated rings. The molecule has 2 heterocycles. The number of amides is 2. The highest BCUT2D eigenvalue weighted by atomic mass is 32.1. The Balaban J connectivity index is 1.56. The number of piperidine rings is 1. The summed E-state index contributed by atoms with van der Waals surface area (Å²) < 4.78 is 0. The monoisotopic (exact) mass is 410 g/mol. The van der Waals surface area contributed by atoms with E-state index in [0.29, 0.717) is 18.9 Å². The SMILES string of the molecule is C[C@@H]1C[C@@H]1C(=O)N1CCC[C@](Cc2ccc(-c3cccs3)cc2)(C(=O)N(C)C)C1. The fraction of sp³-hybridized carbons (Fsp3) is 0.500. The standard InChI is InChI=1S/C24H30N2O2S/c1-17-14-20(17)22(27)26-12-5-11-24(16-26,23(28)25(2)3)15-18-7-9-19(10-8-18)21-6-4-13-29-21/h4,6-10,13,17,20H,5,11-12,14-16H2,1-3H3/t17-,20+,24-/m1/s1. The molecule has 0 radical (unpaired) electrons. The molecular weight excluding hydrogens is 380 g/mol. The normalized spacial score (nSPS) is 26.2. The number of carbonyl (C=O) groups excluding carboxylic acids is 2. The quantitative estimate of drug-likeness (QED) is 0.737. The maximum atomic E-state index is 13.3. The fourth-order valence-electron chi connectivity index (χ4n) is 4.71. The van der Waals surface area contributed by atoms with Gasteiger partial charge in [-0.1, -0.05) is 37.3 Å².